The highest BCUT2D eigenvalue weighted by molar-refractivity contribution is 5.86. The van der Waals surface area contributed by atoms with Crippen LogP contribution in [-0.4, -0.2) is 17.4 Å². The third-order valence-electron chi connectivity index (χ3n) is 6.09. The lowest BCUT2D eigenvalue weighted by molar-refractivity contribution is 0.450. The first-order valence-electron chi connectivity index (χ1n) is 10.4. The molecule has 1 aliphatic rings. The number of aryl methyl sites for hydroxylation is 1. The van der Waals surface area contributed by atoms with E-state index < -0.39 is 0 Å². The molecule has 1 N–H and O–H groups in total. The number of rotatable bonds is 4. The molecule has 0 bridgehead atoms. The molecule has 0 atom stereocenters. The molecule has 3 rings (SSSR count). The standard InChI is InChI=1S/C25H33NO/c1-19-16-17-23(25(2,3)20-12-8-7-9-13-20)24(27)22(19)18-26-21-14-10-5-4-6-11-15-21/h7-9,12-13,16-18,21,27H,4-6,10-11,14-15H2,1-3H3. The zero-order valence-corrected chi connectivity index (χ0v) is 17.0. The number of hydrogen-bond donors (Lipinski definition) is 1. The molecule has 2 heteroatoms. The molecule has 0 spiro atoms. The number of phenols is 1. The molecule has 1 fully saturated rings. The predicted molar refractivity (Wildman–Crippen MR) is 115 cm³/mol. The topological polar surface area (TPSA) is 32.6 Å². The van der Waals surface area contributed by atoms with Crippen LogP contribution in [0.5, 0.6) is 5.75 Å². The van der Waals surface area contributed by atoms with Gasteiger partial charge in [-0.3, -0.25) is 4.99 Å². The second-order valence-corrected chi connectivity index (χ2v) is 8.46. The maximum absolute atomic E-state index is 11.1. The summed E-state index contributed by atoms with van der Waals surface area (Å²) in [5.74, 6) is 0.374. The molecule has 27 heavy (non-hydrogen) atoms. The summed E-state index contributed by atoms with van der Waals surface area (Å²) in [6.45, 7) is 6.39. The van der Waals surface area contributed by atoms with E-state index in [-0.39, 0.29) is 5.41 Å². The molecule has 0 unspecified atom stereocenters. The van der Waals surface area contributed by atoms with Gasteiger partial charge >= 0.3 is 0 Å². The maximum Gasteiger partial charge on any atom is 0.128 e. The minimum Gasteiger partial charge on any atom is -0.507 e. The van der Waals surface area contributed by atoms with Crippen molar-refractivity contribution in [2.75, 3.05) is 0 Å². The van der Waals surface area contributed by atoms with Gasteiger partial charge in [-0.2, -0.15) is 0 Å². The van der Waals surface area contributed by atoms with Crippen LogP contribution in [0.15, 0.2) is 47.5 Å². The Hall–Kier alpha value is -2.09. The maximum atomic E-state index is 11.1. The van der Waals surface area contributed by atoms with Gasteiger partial charge in [-0.15, -0.1) is 0 Å². The first-order valence-corrected chi connectivity index (χ1v) is 10.4. The molecule has 0 aromatic heterocycles. The molecule has 2 aromatic carbocycles. The minimum atomic E-state index is -0.262. The summed E-state index contributed by atoms with van der Waals surface area (Å²) in [4.78, 5) is 4.89. The average Bonchev–Trinajstić information content (AvgIpc) is 2.63. The van der Waals surface area contributed by atoms with Crippen molar-refractivity contribution in [3.63, 3.8) is 0 Å². The van der Waals surface area contributed by atoms with E-state index in [4.69, 9.17) is 4.99 Å². The van der Waals surface area contributed by atoms with Crippen molar-refractivity contribution in [3.05, 3.63) is 64.7 Å². The van der Waals surface area contributed by atoms with E-state index in [1.807, 2.05) is 12.3 Å². The molecule has 144 valence electrons. The van der Waals surface area contributed by atoms with Crippen LogP contribution in [0.3, 0.4) is 0 Å². The highest BCUT2D eigenvalue weighted by atomic mass is 16.3. The fraction of sp³-hybridized carbons (Fsp3) is 0.480. The number of benzene rings is 2. The van der Waals surface area contributed by atoms with Crippen LogP contribution in [0.25, 0.3) is 0 Å². The predicted octanol–water partition coefficient (Wildman–Crippen LogP) is 6.56. The van der Waals surface area contributed by atoms with Crippen LogP contribution in [0.2, 0.25) is 0 Å². The third-order valence-corrected chi connectivity index (χ3v) is 6.09. The summed E-state index contributed by atoms with van der Waals surface area (Å²) in [5, 5.41) is 11.1. The molecule has 0 amide bonds. The lowest BCUT2D eigenvalue weighted by atomic mass is 9.76. The highest BCUT2D eigenvalue weighted by Crippen LogP contribution is 2.39. The Labute approximate surface area is 164 Å². The molecule has 0 aliphatic heterocycles. The van der Waals surface area contributed by atoms with Crippen LogP contribution in [0.4, 0.5) is 0 Å². The Bertz CT molecular complexity index is 768. The number of nitrogens with zero attached hydrogens (tertiary/aromatic N) is 1. The molecular formula is C25H33NO. The van der Waals surface area contributed by atoms with Crippen LogP contribution >= 0.6 is 0 Å². The zero-order chi connectivity index (χ0) is 19.3. The van der Waals surface area contributed by atoms with Gasteiger partial charge in [0.25, 0.3) is 0 Å². The Morgan fingerprint density at radius 2 is 1.56 bits per heavy atom. The molecule has 0 saturated heterocycles. The molecule has 2 aromatic rings. The average molecular weight is 364 g/mol. The summed E-state index contributed by atoms with van der Waals surface area (Å²) in [5.41, 5.74) is 3.85. The fourth-order valence-electron chi connectivity index (χ4n) is 4.15. The molecule has 2 nitrogen and oxygen atoms in total. The van der Waals surface area contributed by atoms with Gasteiger partial charge < -0.3 is 5.11 Å². The van der Waals surface area contributed by atoms with E-state index in [0.717, 1.165) is 16.7 Å². The van der Waals surface area contributed by atoms with Crippen LogP contribution in [0, 0.1) is 6.92 Å². The lowest BCUT2D eigenvalue weighted by Crippen LogP contribution is -2.19. The van der Waals surface area contributed by atoms with Crippen molar-refractivity contribution in [1.29, 1.82) is 0 Å². The SMILES string of the molecule is Cc1ccc(C(C)(C)c2ccccc2)c(O)c1C=NC1CCCCCCC1. The van der Waals surface area contributed by atoms with Crippen molar-refractivity contribution >= 4 is 6.21 Å². The van der Waals surface area contributed by atoms with Crippen molar-refractivity contribution in [2.24, 2.45) is 4.99 Å². The second-order valence-electron chi connectivity index (χ2n) is 8.46. The summed E-state index contributed by atoms with van der Waals surface area (Å²) >= 11 is 0. The van der Waals surface area contributed by atoms with Gasteiger partial charge in [0, 0.05) is 28.8 Å². The van der Waals surface area contributed by atoms with Crippen molar-refractivity contribution in [3.8, 4) is 5.75 Å². The van der Waals surface area contributed by atoms with Crippen LogP contribution in [0.1, 0.15) is 81.0 Å². The third kappa shape index (κ3) is 4.61. The van der Waals surface area contributed by atoms with E-state index in [9.17, 15) is 5.11 Å². The van der Waals surface area contributed by atoms with E-state index in [2.05, 4.69) is 57.2 Å². The summed E-state index contributed by atoms with van der Waals surface area (Å²) in [7, 11) is 0. The van der Waals surface area contributed by atoms with Gasteiger partial charge in [-0.1, -0.05) is 88.4 Å². The second kappa shape index (κ2) is 8.73. The number of aliphatic imine (C=N–C) groups is 1. The van der Waals surface area contributed by atoms with E-state index >= 15 is 0 Å². The molecule has 1 aliphatic carbocycles. The number of hydrogen-bond acceptors (Lipinski definition) is 2. The summed E-state index contributed by atoms with van der Waals surface area (Å²) in [6, 6.07) is 15.0. The van der Waals surface area contributed by atoms with Gasteiger partial charge in [0.05, 0.1) is 0 Å². The smallest absolute Gasteiger partial charge is 0.128 e. The Kier molecular flexibility index (Phi) is 6.36. The Morgan fingerprint density at radius 3 is 2.22 bits per heavy atom. The Balaban J connectivity index is 1.90. The van der Waals surface area contributed by atoms with Crippen LogP contribution < -0.4 is 0 Å². The lowest BCUT2D eigenvalue weighted by Gasteiger charge is -2.28. The van der Waals surface area contributed by atoms with Gasteiger partial charge in [0.1, 0.15) is 5.75 Å². The first kappa shape index (κ1) is 19.7. The van der Waals surface area contributed by atoms with Gasteiger partial charge in [-0.05, 0) is 30.9 Å². The number of aromatic hydroxyl groups is 1. The summed E-state index contributed by atoms with van der Waals surface area (Å²) in [6.07, 6.45) is 10.8. The van der Waals surface area contributed by atoms with Crippen LogP contribution in [-0.2, 0) is 5.41 Å². The molecule has 1 saturated carbocycles. The Morgan fingerprint density at radius 1 is 0.926 bits per heavy atom. The highest BCUT2D eigenvalue weighted by Gasteiger charge is 2.27. The van der Waals surface area contributed by atoms with Crippen molar-refractivity contribution in [2.45, 2.75) is 77.2 Å². The number of phenolic OH excluding ortho intramolecular Hbond substituents is 1. The zero-order valence-electron chi connectivity index (χ0n) is 17.0. The molecule has 0 radical (unpaired) electrons. The largest absolute Gasteiger partial charge is 0.507 e. The van der Waals surface area contributed by atoms with E-state index in [0.29, 0.717) is 11.8 Å². The van der Waals surface area contributed by atoms with E-state index in [1.54, 1.807) is 0 Å². The minimum absolute atomic E-state index is 0.262. The van der Waals surface area contributed by atoms with Gasteiger partial charge in [0.15, 0.2) is 0 Å². The van der Waals surface area contributed by atoms with Gasteiger partial charge in [0.2, 0.25) is 0 Å². The van der Waals surface area contributed by atoms with Crippen molar-refractivity contribution < 1.29 is 5.11 Å². The monoisotopic (exact) mass is 363 g/mol. The van der Waals surface area contributed by atoms with E-state index in [1.165, 1.54) is 50.5 Å². The quantitative estimate of drug-likeness (QED) is 0.613. The summed E-state index contributed by atoms with van der Waals surface area (Å²) < 4.78 is 0. The fourth-order valence-corrected chi connectivity index (χ4v) is 4.15. The normalized spacial score (nSPS) is 17.0. The van der Waals surface area contributed by atoms with Crippen molar-refractivity contribution in [1.82, 2.24) is 0 Å². The molecule has 0 heterocycles. The molecular weight excluding hydrogens is 330 g/mol. The first-order chi connectivity index (χ1) is 13.0. The van der Waals surface area contributed by atoms with Gasteiger partial charge in [-0.25, -0.2) is 0 Å².